The van der Waals surface area contributed by atoms with Gasteiger partial charge in [-0.25, -0.2) is 8.78 Å². The Morgan fingerprint density at radius 1 is 1.12 bits per heavy atom. The second-order valence-electron chi connectivity index (χ2n) is 5.99. The zero-order valence-electron chi connectivity index (χ0n) is 13.9. The second-order valence-corrected chi connectivity index (χ2v) is 5.99. The van der Waals surface area contributed by atoms with E-state index in [0.29, 0.717) is 22.7 Å². The van der Waals surface area contributed by atoms with Gasteiger partial charge in [-0.05, 0) is 38.1 Å². The number of carbonyl (C=O) groups is 1. The molecule has 3 rings (SSSR count). The molecule has 2 aromatic rings. The SMILES string of the molecule is C[C@H]([NH2+][C@H](C)C(=O)Nc1ccc2c(c1)OCO2)c1ccc(F)cc1F. The van der Waals surface area contributed by atoms with Gasteiger partial charge in [0.1, 0.15) is 17.7 Å². The van der Waals surface area contributed by atoms with Crippen molar-refractivity contribution in [2.75, 3.05) is 12.1 Å². The van der Waals surface area contributed by atoms with E-state index >= 15 is 0 Å². The number of hydrogen-bond acceptors (Lipinski definition) is 3. The zero-order chi connectivity index (χ0) is 18.0. The molecule has 0 saturated carbocycles. The van der Waals surface area contributed by atoms with E-state index in [1.165, 1.54) is 12.1 Å². The maximum Gasteiger partial charge on any atom is 0.282 e. The highest BCUT2D eigenvalue weighted by Crippen LogP contribution is 2.34. The number of fused-ring (bicyclic) bond motifs is 1. The van der Waals surface area contributed by atoms with Crippen LogP contribution < -0.4 is 20.1 Å². The van der Waals surface area contributed by atoms with Crippen molar-refractivity contribution in [3.8, 4) is 11.5 Å². The number of quaternary nitrogens is 1. The third kappa shape index (κ3) is 3.88. The van der Waals surface area contributed by atoms with Crippen molar-refractivity contribution in [1.29, 1.82) is 0 Å². The van der Waals surface area contributed by atoms with Crippen molar-refractivity contribution in [1.82, 2.24) is 0 Å². The molecule has 5 nitrogen and oxygen atoms in total. The molecule has 0 radical (unpaired) electrons. The van der Waals surface area contributed by atoms with Gasteiger partial charge in [0, 0.05) is 23.4 Å². The first-order chi connectivity index (χ1) is 11.9. The van der Waals surface area contributed by atoms with Gasteiger partial charge in [0.2, 0.25) is 6.79 Å². The maximum absolute atomic E-state index is 13.8. The minimum absolute atomic E-state index is 0.164. The molecular weight excluding hydrogens is 330 g/mol. The standard InChI is InChI=1S/C18H18F2N2O3/c1-10(14-5-3-12(19)7-15(14)20)21-11(2)18(23)22-13-4-6-16-17(8-13)25-9-24-16/h3-8,10-11,21H,9H2,1-2H3,(H,22,23)/p+1/t10-,11+/m0/s1. The van der Waals surface area contributed by atoms with E-state index in [-0.39, 0.29) is 18.7 Å². The van der Waals surface area contributed by atoms with E-state index < -0.39 is 17.7 Å². The van der Waals surface area contributed by atoms with E-state index in [0.717, 1.165) is 6.07 Å². The number of nitrogens with one attached hydrogen (secondary N) is 1. The van der Waals surface area contributed by atoms with Crippen molar-refractivity contribution in [2.24, 2.45) is 0 Å². The van der Waals surface area contributed by atoms with Crippen molar-refractivity contribution in [3.63, 3.8) is 0 Å². The molecule has 7 heteroatoms. The quantitative estimate of drug-likeness (QED) is 0.871. The predicted molar refractivity (Wildman–Crippen MR) is 87.4 cm³/mol. The van der Waals surface area contributed by atoms with Crippen molar-refractivity contribution < 1.29 is 28.4 Å². The third-order valence-electron chi connectivity index (χ3n) is 4.08. The molecule has 0 aliphatic carbocycles. The van der Waals surface area contributed by atoms with Crippen LogP contribution in [-0.4, -0.2) is 18.7 Å². The van der Waals surface area contributed by atoms with E-state index in [9.17, 15) is 13.6 Å². The fraction of sp³-hybridized carbons (Fsp3) is 0.278. The Bertz CT molecular complexity index is 798. The van der Waals surface area contributed by atoms with E-state index in [2.05, 4.69) is 5.32 Å². The molecule has 1 aliphatic rings. The Labute approximate surface area is 143 Å². The average molecular weight is 349 g/mol. The predicted octanol–water partition coefficient (Wildman–Crippen LogP) is 2.35. The van der Waals surface area contributed by atoms with Crippen LogP contribution in [0.5, 0.6) is 11.5 Å². The lowest BCUT2D eigenvalue weighted by Gasteiger charge is -2.17. The molecule has 3 N–H and O–H groups in total. The zero-order valence-corrected chi connectivity index (χ0v) is 13.9. The number of amides is 1. The van der Waals surface area contributed by atoms with Gasteiger partial charge < -0.3 is 20.1 Å². The van der Waals surface area contributed by atoms with Gasteiger partial charge in [-0.15, -0.1) is 0 Å². The van der Waals surface area contributed by atoms with Crippen LogP contribution in [0.15, 0.2) is 36.4 Å². The molecule has 1 heterocycles. The van der Waals surface area contributed by atoms with Crippen molar-refractivity contribution >= 4 is 11.6 Å². The Morgan fingerprint density at radius 2 is 1.88 bits per heavy atom. The lowest BCUT2D eigenvalue weighted by atomic mass is 10.1. The van der Waals surface area contributed by atoms with Crippen LogP contribution in [0, 0.1) is 11.6 Å². The fourth-order valence-electron chi connectivity index (χ4n) is 2.73. The summed E-state index contributed by atoms with van der Waals surface area (Å²) in [6, 6.07) is 7.79. The van der Waals surface area contributed by atoms with E-state index in [4.69, 9.17) is 9.47 Å². The van der Waals surface area contributed by atoms with Crippen LogP contribution in [-0.2, 0) is 4.79 Å². The van der Waals surface area contributed by atoms with Gasteiger partial charge >= 0.3 is 0 Å². The van der Waals surface area contributed by atoms with Crippen LogP contribution in [0.1, 0.15) is 25.5 Å². The molecule has 1 amide bonds. The first kappa shape index (κ1) is 17.2. The Hall–Kier alpha value is -2.67. The summed E-state index contributed by atoms with van der Waals surface area (Å²) in [5.41, 5.74) is 0.944. The lowest BCUT2D eigenvalue weighted by molar-refractivity contribution is -0.710. The molecule has 0 unspecified atom stereocenters. The number of benzene rings is 2. The van der Waals surface area contributed by atoms with Gasteiger partial charge in [0.25, 0.3) is 5.91 Å². The van der Waals surface area contributed by atoms with Gasteiger partial charge in [0.05, 0.1) is 0 Å². The molecule has 0 bridgehead atoms. The number of anilines is 1. The van der Waals surface area contributed by atoms with Crippen molar-refractivity contribution in [2.45, 2.75) is 25.9 Å². The average Bonchev–Trinajstić information content (AvgIpc) is 3.02. The molecular formula is C18H19F2N2O3+. The number of hydrogen-bond donors (Lipinski definition) is 2. The highest BCUT2D eigenvalue weighted by molar-refractivity contribution is 5.93. The van der Waals surface area contributed by atoms with Gasteiger partial charge in [-0.3, -0.25) is 4.79 Å². The maximum atomic E-state index is 13.8. The van der Waals surface area contributed by atoms with Crippen LogP contribution in [0.4, 0.5) is 14.5 Å². The van der Waals surface area contributed by atoms with Gasteiger partial charge in [-0.2, -0.15) is 0 Å². The molecule has 2 atom stereocenters. The molecule has 0 fully saturated rings. The number of carbonyl (C=O) groups excluding carboxylic acids is 1. The summed E-state index contributed by atoms with van der Waals surface area (Å²) in [4.78, 5) is 12.4. The van der Waals surface area contributed by atoms with E-state index in [1.807, 2.05) is 0 Å². The molecule has 0 spiro atoms. The summed E-state index contributed by atoms with van der Waals surface area (Å²) in [6.45, 7) is 3.65. The van der Waals surface area contributed by atoms with Gasteiger partial charge in [0.15, 0.2) is 17.5 Å². The van der Waals surface area contributed by atoms with E-state index in [1.54, 1.807) is 37.4 Å². The highest BCUT2D eigenvalue weighted by atomic mass is 19.1. The highest BCUT2D eigenvalue weighted by Gasteiger charge is 2.23. The fourth-order valence-corrected chi connectivity index (χ4v) is 2.73. The smallest absolute Gasteiger partial charge is 0.282 e. The number of halogens is 2. The first-order valence-corrected chi connectivity index (χ1v) is 7.94. The largest absolute Gasteiger partial charge is 0.454 e. The Morgan fingerprint density at radius 3 is 2.64 bits per heavy atom. The number of nitrogens with two attached hydrogens (primary N) is 1. The van der Waals surface area contributed by atoms with Crippen LogP contribution in [0.2, 0.25) is 0 Å². The van der Waals surface area contributed by atoms with Crippen LogP contribution in [0.3, 0.4) is 0 Å². The topological polar surface area (TPSA) is 64.2 Å². The second kappa shape index (κ2) is 7.06. The number of ether oxygens (including phenoxy) is 2. The summed E-state index contributed by atoms with van der Waals surface area (Å²) >= 11 is 0. The summed E-state index contributed by atoms with van der Waals surface area (Å²) in [5.74, 6) is -0.253. The Balaban J connectivity index is 1.62. The monoisotopic (exact) mass is 349 g/mol. The van der Waals surface area contributed by atoms with Crippen LogP contribution >= 0.6 is 0 Å². The molecule has 2 aromatic carbocycles. The molecule has 0 saturated heterocycles. The van der Waals surface area contributed by atoms with Gasteiger partial charge in [-0.1, -0.05) is 0 Å². The summed E-state index contributed by atoms with van der Waals surface area (Å²) < 4.78 is 37.3. The molecule has 1 aliphatic heterocycles. The summed E-state index contributed by atoms with van der Waals surface area (Å²) in [5, 5.41) is 4.51. The van der Waals surface area contributed by atoms with Crippen molar-refractivity contribution in [3.05, 3.63) is 53.6 Å². The molecule has 25 heavy (non-hydrogen) atoms. The Kier molecular flexibility index (Phi) is 4.85. The normalized spacial score (nSPS) is 14.9. The number of rotatable bonds is 5. The first-order valence-electron chi connectivity index (χ1n) is 7.94. The summed E-state index contributed by atoms with van der Waals surface area (Å²) in [6.07, 6.45) is 0. The van der Waals surface area contributed by atoms with Crippen LogP contribution in [0.25, 0.3) is 0 Å². The molecule has 0 aromatic heterocycles. The molecule has 132 valence electrons. The third-order valence-corrected chi connectivity index (χ3v) is 4.08. The minimum Gasteiger partial charge on any atom is -0.454 e. The summed E-state index contributed by atoms with van der Waals surface area (Å²) in [7, 11) is 0. The minimum atomic E-state index is -0.623. The lowest BCUT2D eigenvalue weighted by Crippen LogP contribution is -2.91.